The molecule has 0 aliphatic heterocycles. The van der Waals surface area contributed by atoms with Crippen molar-refractivity contribution in [3.63, 3.8) is 0 Å². The molecule has 0 fully saturated rings. The first-order valence-corrected chi connectivity index (χ1v) is 3.96. The van der Waals surface area contributed by atoms with E-state index in [0.717, 1.165) is 5.56 Å². The van der Waals surface area contributed by atoms with Crippen LogP contribution in [-0.2, 0) is 0 Å². The maximum atomic E-state index is 12.8. The van der Waals surface area contributed by atoms with E-state index >= 15 is 0 Å². The van der Waals surface area contributed by atoms with Gasteiger partial charge in [0.15, 0.2) is 0 Å². The minimum Gasteiger partial charge on any atom is -0.387 e. The predicted octanol–water partition coefficient (Wildman–Crippen LogP) is 2.08. The lowest BCUT2D eigenvalue weighted by atomic mass is 10.0. The van der Waals surface area contributed by atoms with Crippen molar-refractivity contribution in [1.29, 1.82) is 5.26 Å². The molecule has 1 atom stereocenters. The van der Waals surface area contributed by atoms with Crippen molar-refractivity contribution in [2.24, 2.45) is 0 Å². The summed E-state index contributed by atoms with van der Waals surface area (Å²) in [5, 5.41) is 17.8. The van der Waals surface area contributed by atoms with Gasteiger partial charge in [0.25, 0.3) is 0 Å². The van der Waals surface area contributed by atoms with Crippen LogP contribution in [0.2, 0.25) is 0 Å². The zero-order valence-corrected chi connectivity index (χ0v) is 7.29. The number of nitriles is 1. The maximum Gasteiger partial charge on any atom is 0.123 e. The fourth-order valence-corrected chi connectivity index (χ4v) is 1.17. The van der Waals surface area contributed by atoms with Crippen molar-refractivity contribution in [3.05, 3.63) is 35.1 Å². The summed E-state index contributed by atoms with van der Waals surface area (Å²) in [6.07, 6.45) is -0.898. The van der Waals surface area contributed by atoms with Crippen molar-refractivity contribution < 1.29 is 9.50 Å². The first kappa shape index (κ1) is 9.69. The molecule has 0 saturated heterocycles. The third-order valence-electron chi connectivity index (χ3n) is 1.88. The molecule has 0 saturated carbocycles. The van der Waals surface area contributed by atoms with Gasteiger partial charge < -0.3 is 5.11 Å². The summed E-state index contributed by atoms with van der Waals surface area (Å²) in [5.41, 5.74) is 1.28. The zero-order chi connectivity index (χ0) is 9.84. The molecule has 1 aromatic carbocycles. The third kappa shape index (κ3) is 2.27. The first-order chi connectivity index (χ1) is 6.15. The van der Waals surface area contributed by atoms with Crippen LogP contribution in [0, 0.1) is 24.1 Å². The van der Waals surface area contributed by atoms with E-state index < -0.39 is 11.9 Å². The summed E-state index contributed by atoms with van der Waals surface area (Å²) in [6.45, 7) is 1.77. The van der Waals surface area contributed by atoms with E-state index in [1.807, 2.05) is 6.07 Å². The van der Waals surface area contributed by atoms with Crippen molar-refractivity contribution in [2.45, 2.75) is 19.4 Å². The number of nitrogens with zero attached hydrogens (tertiary/aromatic N) is 1. The van der Waals surface area contributed by atoms with Crippen LogP contribution in [0.1, 0.15) is 23.7 Å². The van der Waals surface area contributed by atoms with Gasteiger partial charge in [0.1, 0.15) is 5.82 Å². The number of aliphatic hydroxyl groups excluding tert-OH is 1. The van der Waals surface area contributed by atoms with Crippen LogP contribution in [0.25, 0.3) is 0 Å². The van der Waals surface area contributed by atoms with Gasteiger partial charge in [-0.05, 0) is 30.2 Å². The molecule has 0 aliphatic rings. The van der Waals surface area contributed by atoms with E-state index in [2.05, 4.69) is 0 Å². The van der Waals surface area contributed by atoms with Crippen LogP contribution in [0.3, 0.4) is 0 Å². The Morgan fingerprint density at radius 1 is 1.62 bits per heavy atom. The summed E-state index contributed by atoms with van der Waals surface area (Å²) in [5.74, 6) is -0.391. The number of aryl methyl sites for hydroxylation is 1. The molecule has 1 rings (SSSR count). The third-order valence-corrected chi connectivity index (χ3v) is 1.88. The highest BCUT2D eigenvalue weighted by Crippen LogP contribution is 2.20. The van der Waals surface area contributed by atoms with Gasteiger partial charge in [-0.3, -0.25) is 0 Å². The lowest BCUT2D eigenvalue weighted by Gasteiger charge is -2.09. The molecule has 3 heteroatoms. The average molecular weight is 179 g/mol. The number of benzene rings is 1. The van der Waals surface area contributed by atoms with Crippen LogP contribution in [0.5, 0.6) is 0 Å². The van der Waals surface area contributed by atoms with Crippen LogP contribution >= 0.6 is 0 Å². The second kappa shape index (κ2) is 4.01. The topological polar surface area (TPSA) is 44.0 Å². The highest BCUT2D eigenvalue weighted by molar-refractivity contribution is 5.28. The Labute approximate surface area is 76.2 Å². The molecule has 2 nitrogen and oxygen atoms in total. The summed E-state index contributed by atoms with van der Waals surface area (Å²) in [7, 11) is 0. The minimum atomic E-state index is -0.888. The normalized spacial score (nSPS) is 12.2. The average Bonchev–Trinajstić information content (AvgIpc) is 2.09. The van der Waals surface area contributed by atoms with Gasteiger partial charge in [-0.15, -0.1) is 0 Å². The number of aliphatic hydroxyl groups is 1. The minimum absolute atomic E-state index is 0.00963. The van der Waals surface area contributed by atoms with E-state index in [1.165, 1.54) is 12.1 Å². The molecule has 1 aromatic rings. The van der Waals surface area contributed by atoms with Crippen molar-refractivity contribution in [2.75, 3.05) is 0 Å². The summed E-state index contributed by atoms with van der Waals surface area (Å²) in [6, 6.07) is 6.02. The Hall–Kier alpha value is -1.40. The molecule has 0 aromatic heterocycles. The molecule has 1 unspecified atom stereocenters. The van der Waals surface area contributed by atoms with Crippen molar-refractivity contribution in [1.82, 2.24) is 0 Å². The van der Waals surface area contributed by atoms with Gasteiger partial charge >= 0.3 is 0 Å². The fourth-order valence-electron chi connectivity index (χ4n) is 1.17. The number of hydrogen-bond donors (Lipinski definition) is 1. The van der Waals surface area contributed by atoms with Gasteiger partial charge in [-0.25, -0.2) is 4.39 Å². The van der Waals surface area contributed by atoms with Gasteiger partial charge in [0.2, 0.25) is 0 Å². The maximum absolute atomic E-state index is 12.8. The summed E-state index contributed by atoms with van der Waals surface area (Å²) in [4.78, 5) is 0. The SMILES string of the molecule is Cc1ccc(F)cc1C(O)CC#N. The summed E-state index contributed by atoms with van der Waals surface area (Å²) < 4.78 is 12.8. The van der Waals surface area contributed by atoms with E-state index in [1.54, 1.807) is 13.0 Å². The van der Waals surface area contributed by atoms with Gasteiger partial charge in [-0.1, -0.05) is 6.07 Å². The van der Waals surface area contributed by atoms with Gasteiger partial charge in [0.05, 0.1) is 18.6 Å². The Balaban J connectivity index is 3.00. The molecule has 0 amide bonds. The molecule has 0 bridgehead atoms. The Morgan fingerprint density at radius 2 is 2.31 bits per heavy atom. The van der Waals surface area contributed by atoms with Crippen LogP contribution in [0.15, 0.2) is 18.2 Å². The van der Waals surface area contributed by atoms with Crippen LogP contribution < -0.4 is 0 Å². The molecule has 0 heterocycles. The number of halogens is 1. The lowest BCUT2D eigenvalue weighted by molar-refractivity contribution is 0.182. The van der Waals surface area contributed by atoms with Gasteiger partial charge in [-0.2, -0.15) is 5.26 Å². The zero-order valence-electron chi connectivity index (χ0n) is 7.29. The largest absolute Gasteiger partial charge is 0.387 e. The van der Waals surface area contributed by atoms with E-state index in [-0.39, 0.29) is 6.42 Å². The second-order valence-electron chi connectivity index (χ2n) is 2.88. The predicted molar refractivity (Wildman–Crippen MR) is 46.3 cm³/mol. The van der Waals surface area contributed by atoms with E-state index in [9.17, 15) is 9.50 Å². The van der Waals surface area contributed by atoms with Gasteiger partial charge in [0, 0.05) is 0 Å². The van der Waals surface area contributed by atoms with Crippen molar-refractivity contribution in [3.8, 4) is 6.07 Å². The molecular formula is C10H10FNO. The molecule has 0 aliphatic carbocycles. The number of rotatable bonds is 2. The molecular weight excluding hydrogens is 169 g/mol. The highest BCUT2D eigenvalue weighted by Gasteiger charge is 2.10. The second-order valence-corrected chi connectivity index (χ2v) is 2.88. The number of hydrogen-bond acceptors (Lipinski definition) is 2. The van der Waals surface area contributed by atoms with E-state index in [0.29, 0.717) is 5.56 Å². The van der Waals surface area contributed by atoms with Crippen LogP contribution in [0.4, 0.5) is 4.39 Å². The Morgan fingerprint density at radius 3 is 2.92 bits per heavy atom. The Bertz CT molecular complexity index is 343. The highest BCUT2D eigenvalue weighted by atomic mass is 19.1. The molecule has 13 heavy (non-hydrogen) atoms. The monoisotopic (exact) mass is 179 g/mol. The smallest absolute Gasteiger partial charge is 0.123 e. The lowest BCUT2D eigenvalue weighted by Crippen LogP contribution is -1.99. The Kier molecular flexibility index (Phi) is 2.99. The summed E-state index contributed by atoms with van der Waals surface area (Å²) >= 11 is 0. The van der Waals surface area contributed by atoms with Crippen LogP contribution in [-0.4, -0.2) is 5.11 Å². The van der Waals surface area contributed by atoms with E-state index in [4.69, 9.17) is 5.26 Å². The first-order valence-electron chi connectivity index (χ1n) is 3.96. The molecule has 68 valence electrons. The molecule has 0 radical (unpaired) electrons. The molecule has 1 N–H and O–H groups in total. The fraction of sp³-hybridized carbons (Fsp3) is 0.300. The quantitative estimate of drug-likeness (QED) is 0.755. The van der Waals surface area contributed by atoms with Crippen molar-refractivity contribution >= 4 is 0 Å². The molecule has 0 spiro atoms. The standard InChI is InChI=1S/C10H10FNO/c1-7-2-3-8(11)6-9(7)10(13)4-5-12/h2-3,6,10,13H,4H2,1H3.